The third kappa shape index (κ3) is 3.64. The maximum Gasteiger partial charge on any atom is -0.0188 e. The highest BCUT2D eigenvalue weighted by Gasteiger charge is 2.28. The van der Waals surface area contributed by atoms with Crippen molar-refractivity contribution in [1.29, 1.82) is 0 Å². The Bertz CT molecular complexity index is 732. The normalized spacial score (nSPS) is 20.2. The fourth-order valence-corrected chi connectivity index (χ4v) is 3.32. The van der Waals surface area contributed by atoms with Crippen molar-refractivity contribution in [3.05, 3.63) is 82.4 Å². The second kappa shape index (κ2) is 7.00. The van der Waals surface area contributed by atoms with Crippen molar-refractivity contribution >= 4 is 11.6 Å². The van der Waals surface area contributed by atoms with Crippen LogP contribution in [0.4, 0.5) is 0 Å². The minimum Gasteiger partial charge on any atom is -0.0871 e. The first-order valence-electron chi connectivity index (χ1n) is 8.69. The zero-order valence-electron chi connectivity index (χ0n) is 14.5. The molecule has 0 heterocycles. The Balaban J connectivity index is 0.000000151. The molecule has 0 aliphatic heterocycles. The predicted octanol–water partition coefficient (Wildman–Crippen LogP) is 6.32. The van der Waals surface area contributed by atoms with Gasteiger partial charge in [-0.3, -0.25) is 0 Å². The van der Waals surface area contributed by atoms with E-state index < -0.39 is 0 Å². The molecule has 0 nitrogen and oxygen atoms in total. The lowest BCUT2D eigenvalue weighted by Crippen LogP contribution is -2.10. The summed E-state index contributed by atoms with van der Waals surface area (Å²) in [4.78, 5) is 0. The highest BCUT2D eigenvalue weighted by molar-refractivity contribution is 5.74. The number of aryl methyl sites for hydroxylation is 1. The fourth-order valence-electron chi connectivity index (χ4n) is 3.32. The lowest BCUT2D eigenvalue weighted by atomic mass is 9.82. The zero-order chi connectivity index (χ0) is 16.2. The molecule has 118 valence electrons. The molecular weight excluding hydrogens is 276 g/mol. The zero-order valence-corrected chi connectivity index (χ0v) is 14.5. The van der Waals surface area contributed by atoms with E-state index in [1.54, 1.807) is 22.3 Å². The molecule has 0 amide bonds. The summed E-state index contributed by atoms with van der Waals surface area (Å²) in [7, 11) is 0. The summed E-state index contributed by atoms with van der Waals surface area (Å²) in [5.41, 5.74) is 9.25. The molecule has 1 atom stereocenters. The second-order valence-corrected chi connectivity index (χ2v) is 6.61. The molecule has 1 unspecified atom stereocenters. The molecule has 0 N–H and O–H groups in total. The van der Waals surface area contributed by atoms with E-state index >= 15 is 0 Å². The van der Waals surface area contributed by atoms with Gasteiger partial charge in [-0.1, -0.05) is 73.2 Å². The summed E-state index contributed by atoms with van der Waals surface area (Å²) in [5, 5.41) is 0. The Morgan fingerprint density at radius 2 is 1.74 bits per heavy atom. The van der Waals surface area contributed by atoms with E-state index in [2.05, 4.69) is 50.3 Å². The van der Waals surface area contributed by atoms with Gasteiger partial charge in [-0.15, -0.1) is 0 Å². The van der Waals surface area contributed by atoms with Gasteiger partial charge < -0.3 is 0 Å². The van der Waals surface area contributed by atoms with Crippen molar-refractivity contribution in [1.82, 2.24) is 0 Å². The van der Waals surface area contributed by atoms with Crippen LogP contribution in [-0.4, -0.2) is 0 Å². The predicted molar refractivity (Wildman–Crippen MR) is 101 cm³/mol. The SMILES string of the molecule is CC(=C1CC1C)c1cccc2c1CC2.CC=Cc1ccccc1. The van der Waals surface area contributed by atoms with Crippen molar-refractivity contribution in [3.63, 3.8) is 0 Å². The van der Waals surface area contributed by atoms with Crippen LogP contribution in [0, 0.1) is 5.92 Å². The fraction of sp³-hybridized carbons (Fsp3) is 0.304. The van der Waals surface area contributed by atoms with Gasteiger partial charge in [0.1, 0.15) is 0 Å². The number of rotatable bonds is 2. The number of fused-ring (bicyclic) bond motifs is 1. The third-order valence-electron chi connectivity index (χ3n) is 4.92. The average Bonchev–Trinajstić information content (AvgIpc) is 3.26. The van der Waals surface area contributed by atoms with E-state index in [4.69, 9.17) is 0 Å². The summed E-state index contributed by atoms with van der Waals surface area (Å²) < 4.78 is 0. The van der Waals surface area contributed by atoms with Gasteiger partial charge in [0.2, 0.25) is 0 Å². The van der Waals surface area contributed by atoms with Crippen LogP contribution in [0.5, 0.6) is 0 Å². The molecule has 23 heavy (non-hydrogen) atoms. The number of allylic oxidation sites excluding steroid dienone is 3. The highest BCUT2D eigenvalue weighted by Crippen LogP contribution is 2.44. The lowest BCUT2D eigenvalue weighted by Gasteiger charge is -2.22. The maximum absolute atomic E-state index is 2.33. The van der Waals surface area contributed by atoms with Crippen LogP contribution in [0.25, 0.3) is 11.6 Å². The first-order valence-corrected chi connectivity index (χ1v) is 8.69. The molecule has 0 aromatic heterocycles. The molecule has 0 bridgehead atoms. The summed E-state index contributed by atoms with van der Waals surface area (Å²) in [6.45, 7) is 6.65. The van der Waals surface area contributed by atoms with Crippen LogP contribution >= 0.6 is 0 Å². The summed E-state index contributed by atoms with van der Waals surface area (Å²) in [6, 6.07) is 17.0. The largest absolute Gasteiger partial charge is 0.0871 e. The monoisotopic (exact) mass is 302 g/mol. The second-order valence-electron chi connectivity index (χ2n) is 6.61. The molecule has 4 rings (SSSR count). The Morgan fingerprint density at radius 3 is 2.30 bits per heavy atom. The first-order chi connectivity index (χ1) is 11.2. The third-order valence-corrected chi connectivity index (χ3v) is 4.92. The van der Waals surface area contributed by atoms with Crippen LogP contribution < -0.4 is 0 Å². The molecule has 1 saturated carbocycles. The van der Waals surface area contributed by atoms with Gasteiger partial charge in [-0.2, -0.15) is 0 Å². The van der Waals surface area contributed by atoms with E-state index in [-0.39, 0.29) is 0 Å². The van der Waals surface area contributed by atoms with Crippen LogP contribution in [0.3, 0.4) is 0 Å². The molecule has 0 spiro atoms. The quantitative estimate of drug-likeness (QED) is 0.609. The molecule has 2 aliphatic rings. The Hall–Kier alpha value is -2.08. The molecule has 0 heteroatoms. The van der Waals surface area contributed by atoms with E-state index in [0.29, 0.717) is 0 Å². The summed E-state index contributed by atoms with van der Waals surface area (Å²) in [6.07, 6.45) is 8.04. The molecule has 1 fully saturated rings. The van der Waals surface area contributed by atoms with Crippen LogP contribution in [-0.2, 0) is 12.8 Å². The lowest BCUT2D eigenvalue weighted by molar-refractivity contribution is 0.834. The van der Waals surface area contributed by atoms with Gasteiger partial charge in [0.25, 0.3) is 0 Å². The van der Waals surface area contributed by atoms with Gasteiger partial charge in [0.05, 0.1) is 0 Å². The van der Waals surface area contributed by atoms with E-state index in [9.17, 15) is 0 Å². The van der Waals surface area contributed by atoms with Gasteiger partial charge in [0, 0.05) is 0 Å². The average molecular weight is 302 g/mol. The van der Waals surface area contributed by atoms with E-state index in [1.165, 1.54) is 30.4 Å². The van der Waals surface area contributed by atoms with Gasteiger partial charge in [-0.25, -0.2) is 0 Å². The maximum atomic E-state index is 2.33. The van der Waals surface area contributed by atoms with Gasteiger partial charge >= 0.3 is 0 Å². The Morgan fingerprint density at radius 1 is 1.00 bits per heavy atom. The van der Waals surface area contributed by atoms with Crippen molar-refractivity contribution in [3.8, 4) is 0 Å². The Labute approximate surface area is 140 Å². The highest BCUT2D eigenvalue weighted by atomic mass is 14.3. The van der Waals surface area contributed by atoms with Gasteiger partial charge in [0.15, 0.2) is 0 Å². The summed E-state index contributed by atoms with van der Waals surface area (Å²) >= 11 is 0. The molecule has 2 aromatic carbocycles. The number of benzene rings is 2. The van der Waals surface area contributed by atoms with Crippen molar-refractivity contribution < 1.29 is 0 Å². The Kier molecular flexibility index (Phi) is 4.81. The number of hydrogen-bond acceptors (Lipinski definition) is 0. The first kappa shape index (κ1) is 15.8. The molecule has 2 aliphatic carbocycles. The standard InChI is InChI=1S/C14H16.C9H10/c1-9-8-14(9)10(2)12-5-3-4-11-6-7-13(11)12;1-2-6-9-7-4-3-5-8-9/h3-5,9H,6-8H2,1-2H3;2-8H,1H3. The van der Waals surface area contributed by atoms with E-state index in [1.807, 2.05) is 31.2 Å². The topological polar surface area (TPSA) is 0 Å². The molecule has 0 saturated heterocycles. The molecule has 2 aromatic rings. The number of hydrogen-bond donors (Lipinski definition) is 0. The van der Waals surface area contributed by atoms with Crippen molar-refractivity contribution in [2.75, 3.05) is 0 Å². The smallest absolute Gasteiger partial charge is 0.0188 e. The molecular formula is C23H26. The van der Waals surface area contributed by atoms with E-state index in [0.717, 1.165) is 5.92 Å². The van der Waals surface area contributed by atoms with Gasteiger partial charge in [-0.05, 0) is 66.9 Å². The minimum atomic E-state index is 0.853. The molecule has 0 radical (unpaired) electrons. The van der Waals surface area contributed by atoms with Crippen LogP contribution in [0.15, 0.2) is 60.2 Å². The van der Waals surface area contributed by atoms with Crippen LogP contribution in [0.2, 0.25) is 0 Å². The van der Waals surface area contributed by atoms with Crippen LogP contribution in [0.1, 0.15) is 49.4 Å². The summed E-state index contributed by atoms with van der Waals surface area (Å²) in [5.74, 6) is 0.853. The minimum absolute atomic E-state index is 0.853. The van der Waals surface area contributed by atoms with Crippen molar-refractivity contribution in [2.24, 2.45) is 5.92 Å². The van der Waals surface area contributed by atoms with Crippen molar-refractivity contribution in [2.45, 2.75) is 40.0 Å².